The molecule has 44 heavy (non-hydrogen) atoms. The van der Waals surface area contributed by atoms with Gasteiger partial charge in [0.1, 0.15) is 24.1 Å². The van der Waals surface area contributed by atoms with E-state index in [0.717, 1.165) is 9.87 Å². The minimum absolute atomic E-state index is 0.0586. The van der Waals surface area contributed by atoms with E-state index in [1.54, 1.807) is 62.6 Å². The van der Waals surface area contributed by atoms with E-state index >= 15 is 0 Å². The van der Waals surface area contributed by atoms with Crippen molar-refractivity contribution in [1.29, 1.82) is 0 Å². The molecule has 0 aliphatic rings. The number of carbonyl (C=O) groups excluding carboxylic acids is 2. The Morgan fingerprint density at radius 2 is 1.43 bits per heavy atom. The van der Waals surface area contributed by atoms with Crippen molar-refractivity contribution >= 4 is 27.5 Å². The molecule has 0 spiro atoms. The molecule has 2 amide bonds. The molecule has 3 aromatic carbocycles. The van der Waals surface area contributed by atoms with E-state index in [9.17, 15) is 18.0 Å². The summed E-state index contributed by atoms with van der Waals surface area (Å²) in [5, 5.41) is 2.84. The van der Waals surface area contributed by atoms with E-state index in [-0.39, 0.29) is 34.8 Å². The number of carbonyl (C=O) groups is 2. The molecule has 3 rings (SSSR count). The molecule has 3 aromatic rings. The van der Waals surface area contributed by atoms with Crippen LogP contribution in [0.2, 0.25) is 0 Å². The first-order valence-electron chi connectivity index (χ1n) is 14.2. The normalized spacial score (nSPS) is 11.8. The van der Waals surface area contributed by atoms with Crippen molar-refractivity contribution in [3.8, 4) is 23.0 Å². The van der Waals surface area contributed by atoms with Crippen LogP contribution in [-0.4, -0.2) is 71.7 Å². The molecule has 0 saturated heterocycles. The van der Waals surface area contributed by atoms with Crippen LogP contribution in [0, 0.1) is 0 Å². The SMILES string of the molecule is CCOc1ccc(N(CC(=O)N(Cc2ccc(OC)cc2)C(C)C(=O)NC(C)C)S(=O)(=O)c2ccc(OC)c(OC)c2)cc1. The molecule has 0 aliphatic carbocycles. The van der Waals surface area contributed by atoms with Gasteiger partial charge >= 0.3 is 0 Å². The molecule has 1 unspecified atom stereocenters. The molecule has 0 aliphatic heterocycles. The third-order valence-electron chi connectivity index (χ3n) is 6.77. The van der Waals surface area contributed by atoms with Crippen molar-refractivity contribution in [1.82, 2.24) is 10.2 Å². The van der Waals surface area contributed by atoms with Crippen LogP contribution in [0.5, 0.6) is 23.0 Å². The summed E-state index contributed by atoms with van der Waals surface area (Å²) in [4.78, 5) is 28.5. The summed E-state index contributed by atoms with van der Waals surface area (Å²) in [7, 11) is 0.0880. The van der Waals surface area contributed by atoms with Gasteiger partial charge in [-0.1, -0.05) is 12.1 Å². The summed E-state index contributed by atoms with van der Waals surface area (Å²) < 4.78 is 50.8. The summed E-state index contributed by atoms with van der Waals surface area (Å²) in [5.41, 5.74) is 0.971. The van der Waals surface area contributed by atoms with Gasteiger partial charge in [-0.05, 0) is 81.8 Å². The molecule has 0 bridgehead atoms. The van der Waals surface area contributed by atoms with Gasteiger partial charge in [-0.2, -0.15) is 0 Å². The number of ether oxygens (including phenoxy) is 4. The number of benzene rings is 3. The van der Waals surface area contributed by atoms with Gasteiger partial charge in [0.25, 0.3) is 10.0 Å². The van der Waals surface area contributed by atoms with Crippen molar-refractivity contribution in [3.63, 3.8) is 0 Å². The number of anilines is 1. The van der Waals surface area contributed by atoms with Gasteiger partial charge in [0.05, 0.1) is 38.5 Å². The lowest BCUT2D eigenvalue weighted by molar-refractivity contribution is -0.139. The summed E-state index contributed by atoms with van der Waals surface area (Å²) >= 11 is 0. The molecule has 11 nitrogen and oxygen atoms in total. The second-order valence-electron chi connectivity index (χ2n) is 10.2. The van der Waals surface area contributed by atoms with E-state index in [2.05, 4.69) is 5.32 Å². The van der Waals surface area contributed by atoms with Crippen LogP contribution < -0.4 is 28.6 Å². The van der Waals surface area contributed by atoms with Crippen LogP contribution in [0.15, 0.2) is 71.6 Å². The number of hydrogen-bond acceptors (Lipinski definition) is 8. The summed E-state index contributed by atoms with van der Waals surface area (Å²) in [6.07, 6.45) is 0. The molecule has 1 atom stereocenters. The Labute approximate surface area is 259 Å². The number of sulfonamides is 1. The molecule has 0 fully saturated rings. The highest BCUT2D eigenvalue weighted by atomic mass is 32.2. The van der Waals surface area contributed by atoms with E-state index < -0.39 is 28.5 Å². The average molecular weight is 628 g/mol. The van der Waals surface area contributed by atoms with Gasteiger partial charge in [-0.15, -0.1) is 0 Å². The first-order chi connectivity index (χ1) is 20.9. The Morgan fingerprint density at radius 3 is 1.98 bits per heavy atom. The van der Waals surface area contributed by atoms with Crippen LogP contribution in [-0.2, 0) is 26.2 Å². The van der Waals surface area contributed by atoms with Crippen LogP contribution in [0.4, 0.5) is 5.69 Å². The van der Waals surface area contributed by atoms with Gasteiger partial charge in [-0.25, -0.2) is 8.42 Å². The van der Waals surface area contributed by atoms with Crippen molar-refractivity contribution in [3.05, 3.63) is 72.3 Å². The van der Waals surface area contributed by atoms with Crippen molar-refractivity contribution in [2.45, 2.75) is 51.2 Å². The van der Waals surface area contributed by atoms with Crippen LogP contribution in [0.3, 0.4) is 0 Å². The molecule has 0 aromatic heterocycles. The Hall–Kier alpha value is -4.45. The molecule has 0 radical (unpaired) electrons. The smallest absolute Gasteiger partial charge is 0.264 e. The van der Waals surface area contributed by atoms with Gasteiger partial charge < -0.3 is 29.2 Å². The lowest BCUT2D eigenvalue weighted by Crippen LogP contribution is -2.52. The second kappa shape index (κ2) is 15.3. The predicted octanol–water partition coefficient (Wildman–Crippen LogP) is 4.25. The number of amides is 2. The fourth-order valence-corrected chi connectivity index (χ4v) is 5.85. The van der Waals surface area contributed by atoms with Crippen molar-refractivity contribution in [2.24, 2.45) is 0 Å². The number of nitrogens with zero attached hydrogens (tertiary/aromatic N) is 2. The van der Waals surface area contributed by atoms with E-state index in [1.165, 1.54) is 37.3 Å². The van der Waals surface area contributed by atoms with Crippen LogP contribution in [0.25, 0.3) is 0 Å². The molecule has 238 valence electrons. The van der Waals surface area contributed by atoms with Crippen LogP contribution >= 0.6 is 0 Å². The molecular weight excluding hydrogens is 586 g/mol. The molecule has 1 N–H and O–H groups in total. The molecular formula is C32H41N3O8S. The quantitative estimate of drug-likeness (QED) is 0.265. The number of methoxy groups -OCH3 is 3. The number of nitrogens with one attached hydrogen (secondary N) is 1. The Morgan fingerprint density at radius 1 is 0.818 bits per heavy atom. The zero-order valence-corrected chi connectivity index (χ0v) is 27.0. The van der Waals surface area contributed by atoms with E-state index in [0.29, 0.717) is 23.9 Å². The van der Waals surface area contributed by atoms with E-state index in [4.69, 9.17) is 18.9 Å². The highest BCUT2D eigenvalue weighted by Gasteiger charge is 2.33. The largest absolute Gasteiger partial charge is 0.497 e. The minimum atomic E-state index is -4.32. The maximum atomic E-state index is 14.2. The van der Waals surface area contributed by atoms with Crippen molar-refractivity contribution < 1.29 is 37.0 Å². The maximum absolute atomic E-state index is 14.2. The second-order valence-corrected chi connectivity index (χ2v) is 12.0. The topological polar surface area (TPSA) is 124 Å². The fraction of sp³-hybridized carbons (Fsp3) is 0.375. The highest BCUT2D eigenvalue weighted by Crippen LogP contribution is 2.33. The maximum Gasteiger partial charge on any atom is 0.264 e. The lowest BCUT2D eigenvalue weighted by atomic mass is 10.1. The Kier molecular flexibility index (Phi) is 11.9. The highest BCUT2D eigenvalue weighted by molar-refractivity contribution is 7.92. The number of rotatable bonds is 15. The lowest BCUT2D eigenvalue weighted by Gasteiger charge is -2.32. The summed E-state index contributed by atoms with van der Waals surface area (Å²) in [6, 6.07) is 16.6. The number of hydrogen-bond donors (Lipinski definition) is 1. The molecule has 0 heterocycles. The molecule has 12 heteroatoms. The summed E-state index contributed by atoms with van der Waals surface area (Å²) in [6.45, 7) is 7.01. The first kappa shape index (κ1) is 34.0. The Bertz CT molecular complexity index is 1510. The van der Waals surface area contributed by atoms with Gasteiger partial charge in [0.2, 0.25) is 11.8 Å². The predicted molar refractivity (Wildman–Crippen MR) is 168 cm³/mol. The fourth-order valence-electron chi connectivity index (χ4n) is 4.42. The molecule has 0 saturated carbocycles. The zero-order chi connectivity index (χ0) is 32.4. The zero-order valence-electron chi connectivity index (χ0n) is 26.2. The average Bonchev–Trinajstić information content (AvgIpc) is 3.02. The standard InChI is InChI=1S/C32H41N3O8S/c1-8-43-27-15-11-25(12-16-27)35(44(38,39)28-17-18-29(41-6)30(19-28)42-7)21-31(36)34(23(4)32(37)33-22(2)3)20-24-9-13-26(40-5)14-10-24/h9-19,22-23H,8,20-21H2,1-7H3,(H,33,37). The van der Waals surface area contributed by atoms with E-state index in [1.807, 2.05) is 20.8 Å². The third kappa shape index (κ3) is 8.34. The Balaban J connectivity index is 2.08. The minimum Gasteiger partial charge on any atom is -0.497 e. The first-order valence-corrected chi connectivity index (χ1v) is 15.6. The van der Waals surface area contributed by atoms with Crippen molar-refractivity contribution in [2.75, 3.05) is 38.8 Å². The van der Waals surface area contributed by atoms with Crippen LogP contribution in [0.1, 0.15) is 33.3 Å². The van der Waals surface area contributed by atoms with Gasteiger partial charge in [-0.3, -0.25) is 13.9 Å². The van der Waals surface area contributed by atoms with Gasteiger partial charge in [0, 0.05) is 18.7 Å². The summed E-state index contributed by atoms with van der Waals surface area (Å²) in [5.74, 6) is 0.811. The van der Waals surface area contributed by atoms with Gasteiger partial charge in [0.15, 0.2) is 11.5 Å². The monoisotopic (exact) mass is 627 g/mol. The third-order valence-corrected chi connectivity index (χ3v) is 8.54.